The monoisotopic (exact) mass is 255 g/mol. The van der Waals surface area contributed by atoms with E-state index in [2.05, 4.69) is 49.4 Å². The summed E-state index contributed by atoms with van der Waals surface area (Å²) in [6.45, 7) is 3.00. The molecule has 3 atom stereocenters. The van der Waals surface area contributed by atoms with E-state index in [-0.39, 0.29) is 6.04 Å². The van der Waals surface area contributed by atoms with Crippen molar-refractivity contribution in [1.29, 1.82) is 0 Å². The highest BCUT2D eigenvalue weighted by atomic mass is 16.5. The zero-order chi connectivity index (χ0) is 13.2. The van der Waals surface area contributed by atoms with Crippen molar-refractivity contribution in [3.63, 3.8) is 0 Å². The number of fused-ring (bicyclic) bond motifs is 1. The molecule has 0 aromatic heterocycles. The highest BCUT2D eigenvalue weighted by Gasteiger charge is 2.29. The van der Waals surface area contributed by atoms with Crippen molar-refractivity contribution >= 4 is 10.8 Å². The van der Waals surface area contributed by atoms with Crippen LogP contribution in [-0.2, 0) is 11.2 Å². The first-order valence-corrected chi connectivity index (χ1v) is 7.09. The topological polar surface area (TPSA) is 35.2 Å². The van der Waals surface area contributed by atoms with E-state index in [1.165, 1.54) is 16.3 Å². The zero-order valence-electron chi connectivity index (χ0n) is 11.4. The van der Waals surface area contributed by atoms with Crippen molar-refractivity contribution in [2.45, 2.75) is 31.9 Å². The molecule has 3 unspecified atom stereocenters. The Morgan fingerprint density at radius 2 is 2.00 bits per heavy atom. The van der Waals surface area contributed by atoms with Gasteiger partial charge in [0.15, 0.2) is 0 Å². The fourth-order valence-electron chi connectivity index (χ4n) is 3.19. The molecule has 0 aliphatic carbocycles. The fourth-order valence-corrected chi connectivity index (χ4v) is 3.19. The average Bonchev–Trinajstić information content (AvgIpc) is 2.85. The first-order chi connectivity index (χ1) is 9.25. The molecule has 0 spiro atoms. The Balaban J connectivity index is 1.85. The van der Waals surface area contributed by atoms with Crippen LogP contribution in [0, 0.1) is 5.92 Å². The van der Waals surface area contributed by atoms with E-state index in [9.17, 15) is 0 Å². The van der Waals surface area contributed by atoms with Crippen LogP contribution in [0.2, 0.25) is 0 Å². The lowest BCUT2D eigenvalue weighted by Crippen LogP contribution is -2.36. The predicted octanol–water partition coefficient (Wildman–Crippen LogP) is 3.13. The standard InChI is InChI=1S/C17H21NO/c1-12-15(9-10-19-12)17(18)11-14-7-4-6-13-5-2-3-8-16(13)14/h2-8,12,15,17H,9-11,18H2,1H3. The minimum atomic E-state index is 0.184. The SMILES string of the molecule is CC1OCCC1C(N)Cc1cccc2ccccc12. The molecule has 0 radical (unpaired) electrons. The summed E-state index contributed by atoms with van der Waals surface area (Å²) in [5.74, 6) is 0.485. The molecule has 19 heavy (non-hydrogen) atoms. The molecule has 0 bridgehead atoms. The molecular formula is C17H21NO. The van der Waals surface area contributed by atoms with Gasteiger partial charge in [0, 0.05) is 18.6 Å². The van der Waals surface area contributed by atoms with Gasteiger partial charge in [-0.2, -0.15) is 0 Å². The summed E-state index contributed by atoms with van der Waals surface area (Å²) in [5, 5.41) is 2.62. The van der Waals surface area contributed by atoms with Crippen molar-refractivity contribution < 1.29 is 4.74 Å². The van der Waals surface area contributed by atoms with E-state index >= 15 is 0 Å². The highest BCUT2D eigenvalue weighted by Crippen LogP contribution is 2.27. The summed E-state index contributed by atoms with van der Waals surface area (Å²) >= 11 is 0. The summed E-state index contributed by atoms with van der Waals surface area (Å²) in [7, 11) is 0. The molecule has 1 fully saturated rings. The van der Waals surface area contributed by atoms with Crippen molar-refractivity contribution in [2.75, 3.05) is 6.61 Å². The minimum Gasteiger partial charge on any atom is -0.378 e. The van der Waals surface area contributed by atoms with Crippen LogP contribution in [0.3, 0.4) is 0 Å². The number of benzene rings is 2. The van der Waals surface area contributed by atoms with Gasteiger partial charge >= 0.3 is 0 Å². The lowest BCUT2D eigenvalue weighted by atomic mass is 9.88. The van der Waals surface area contributed by atoms with Crippen molar-refractivity contribution in [1.82, 2.24) is 0 Å². The maximum atomic E-state index is 6.41. The van der Waals surface area contributed by atoms with Crippen LogP contribution in [0.1, 0.15) is 18.9 Å². The maximum Gasteiger partial charge on any atom is 0.0590 e. The Labute approximate surface area is 114 Å². The molecular weight excluding hydrogens is 234 g/mol. The van der Waals surface area contributed by atoms with Crippen LogP contribution in [-0.4, -0.2) is 18.8 Å². The molecule has 1 saturated heterocycles. The molecule has 1 aliphatic rings. The van der Waals surface area contributed by atoms with Gasteiger partial charge < -0.3 is 10.5 Å². The maximum absolute atomic E-state index is 6.41. The lowest BCUT2D eigenvalue weighted by molar-refractivity contribution is 0.0995. The second-order valence-corrected chi connectivity index (χ2v) is 5.53. The number of hydrogen-bond acceptors (Lipinski definition) is 2. The van der Waals surface area contributed by atoms with Crippen molar-refractivity contribution in [3.8, 4) is 0 Å². The normalized spacial score (nSPS) is 24.7. The molecule has 2 N–H and O–H groups in total. The number of nitrogens with two attached hydrogens (primary N) is 1. The Morgan fingerprint density at radius 1 is 1.21 bits per heavy atom. The first-order valence-electron chi connectivity index (χ1n) is 7.09. The first kappa shape index (κ1) is 12.6. The van der Waals surface area contributed by atoms with Gasteiger partial charge in [0.2, 0.25) is 0 Å². The van der Waals surface area contributed by atoms with Crippen LogP contribution in [0.25, 0.3) is 10.8 Å². The van der Waals surface area contributed by atoms with E-state index in [0.29, 0.717) is 12.0 Å². The Morgan fingerprint density at radius 3 is 2.79 bits per heavy atom. The molecule has 2 heteroatoms. The van der Waals surface area contributed by atoms with Gasteiger partial charge in [-0.1, -0.05) is 42.5 Å². The highest BCUT2D eigenvalue weighted by molar-refractivity contribution is 5.85. The van der Waals surface area contributed by atoms with Crippen LogP contribution in [0.5, 0.6) is 0 Å². The van der Waals surface area contributed by atoms with Gasteiger partial charge in [-0.05, 0) is 36.1 Å². The van der Waals surface area contributed by atoms with E-state index in [4.69, 9.17) is 10.5 Å². The van der Waals surface area contributed by atoms with Gasteiger partial charge in [0.05, 0.1) is 6.10 Å². The van der Waals surface area contributed by atoms with Gasteiger partial charge in [0.1, 0.15) is 0 Å². The fraction of sp³-hybridized carbons (Fsp3) is 0.412. The summed E-state index contributed by atoms with van der Waals surface area (Å²) in [6.07, 6.45) is 2.32. The molecule has 0 saturated carbocycles. The lowest BCUT2D eigenvalue weighted by Gasteiger charge is -2.22. The Bertz CT molecular complexity index is 561. The summed E-state index contributed by atoms with van der Waals surface area (Å²) in [4.78, 5) is 0. The number of hydrogen-bond donors (Lipinski definition) is 1. The molecule has 2 nitrogen and oxygen atoms in total. The molecule has 1 aliphatic heterocycles. The predicted molar refractivity (Wildman–Crippen MR) is 79.1 cm³/mol. The molecule has 100 valence electrons. The van der Waals surface area contributed by atoms with E-state index in [1.807, 2.05) is 0 Å². The van der Waals surface area contributed by atoms with Crippen molar-refractivity contribution in [2.24, 2.45) is 11.7 Å². The molecule has 2 aromatic carbocycles. The van der Waals surface area contributed by atoms with Gasteiger partial charge in [-0.25, -0.2) is 0 Å². The van der Waals surface area contributed by atoms with Crippen LogP contribution in [0.4, 0.5) is 0 Å². The quantitative estimate of drug-likeness (QED) is 0.914. The third kappa shape index (κ3) is 2.51. The third-order valence-electron chi connectivity index (χ3n) is 4.32. The summed E-state index contributed by atoms with van der Waals surface area (Å²) < 4.78 is 5.63. The Hall–Kier alpha value is -1.38. The largest absolute Gasteiger partial charge is 0.378 e. The minimum absolute atomic E-state index is 0.184. The summed E-state index contributed by atoms with van der Waals surface area (Å²) in [5.41, 5.74) is 7.76. The van der Waals surface area contributed by atoms with Crippen LogP contribution >= 0.6 is 0 Å². The van der Waals surface area contributed by atoms with Crippen molar-refractivity contribution in [3.05, 3.63) is 48.0 Å². The number of ether oxygens (including phenoxy) is 1. The molecule has 0 amide bonds. The van der Waals surface area contributed by atoms with Crippen LogP contribution in [0.15, 0.2) is 42.5 Å². The van der Waals surface area contributed by atoms with E-state index in [1.54, 1.807) is 0 Å². The van der Waals surface area contributed by atoms with E-state index < -0.39 is 0 Å². The van der Waals surface area contributed by atoms with Gasteiger partial charge in [0.25, 0.3) is 0 Å². The third-order valence-corrected chi connectivity index (χ3v) is 4.32. The molecule has 3 rings (SSSR count). The van der Waals surface area contributed by atoms with Gasteiger partial charge in [-0.3, -0.25) is 0 Å². The zero-order valence-corrected chi connectivity index (χ0v) is 11.4. The van der Waals surface area contributed by atoms with Gasteiger partial charge in [-0.15, -0.1) is 0 Å². The Kier molecular flexibility index (Phi) is 3.54. The van der Waals surface area contributed by atoms with Crippen LogP contribution < -0.4 is 5.73 Å². The molecule has 2 aromatic rings. The smallest absolute Gasteiger partial charge is 0.0590 e. The number of rotatable bonds is 3. The molecule has 1 heterocycles. The summed E-state index contributed by atoms with van der Waals surface area (Å²) in [6, 6.07) is 15.2. The average molecular weight is 255 g/mol. The van der Waals surface area contributed by atoms with E-state index in [0.717, 1.165) is 19.4 Å². The second kappa shape index (κ2) is 5.32. The second-order valence-electron chi connectivity index (χ2n) is 5.53.